The topological polar surface area (TPSA) is 104 Å². The van der Waals surface area contributed by atoms with Gasteiger partial charge in [-0.3, -0.25) is 19.3 Å². The minimum atomic E-state index is -1.21. The van der Waals surface area contributed by atoms with Crippen LogP contribution in [0, 0.1) is 0 Å². The number of carboxylic acids is 1. The number of nitrogens with zero attached hydrogens (tertiary/aromatic N) is 1. The first kappa shape index (κ1) is 21.2. The Bertz CT molecular complexity index is 1090. The number of fused-ring (bicyclic) bond motifs is 1. The third kappa shape index (κ3) is 4.24. The van der Waals surface area contributed by atoms with Crippen LogP contribution in [0.25, 0.3) is 0 Å². The van der Waals surface area contributed by atoms with E-state index in [1.54, 1.807) is 24.3 Å². The Hall–Kier alpha value is -3.04. The minimum absolute atomic E-state index is 0.0898. The average molecular weight is 455 g/mol. The van der Waals surface area contributed by atoms with Crippen molar-refractivity contribution in [3.63, 3.8) is 0 Å². The summed E-state index contributed by atoms with van der Waals surface area (Å²) in [5.41, 5.74) is 1.20. The van der Waals surface area contributed by atoms with Gasteiger partial charge in [-0.25, -0.2) is 4.79 Å². The Morgan fingerprint density at radius 3 is 2.58 bits per heavy atom. The molecule has 31 heavy (non-hydrogen) atoms. The summed E-state index contributed by atoms with van der Waals surface area (Å²) < 4.78 is 0. The van der Waals surface area contributed by atoms with Crippen LogP contribution in [0.2, 0.25) is 0 Å². The second-order valence-electron chi connectivity index (χ2n) is 6.95. The first-order valence-electron chi connectivity index (χ1n) is 9.46. The highest BCUT2D eigenvalue weighted by molar-refractivity contribution is 8.06. The second-order valence-corrected chi connectivity index (χ2v) is 9.19. The highest BCUT2D eigenvalue weighted by atomic mass is 32.2. The highest BCUT2D eigenvalue weighted by Gasteiger charge is 2.54. The van der Waals surface area contributed by atoms with E-state index in [0.717, 1.165) is 11.8 Å². The Labute approximate surface area is 186 Å². The molecule has 0 saturated carbocycles. The first-order chi connectivity index (χ1) is 15.0. The van der Waals surface area contributed by atoms with E-state index in [1.165, 1.54) is 28.4 Å². The SMILES string of the molecule is O=Cc1ccccc1SC1=C(C(=O)O)N2C(=O)[C@@H](NC(=O)Cc3ccccc3)[C@@H]2SC1. The summed E-state index contributed by atoms with van der Waals surface area (Å²) >= 11 is 2.57. The number of thioether (sulfide) groups is 2. The molecule has 0 spiro atoms. The van der Waals surface area contributed by atoms with Crippen LogP contribution in [0.15, 0.2) is 70.1 Å². The van der Waals surface area contributed by atoms with Crippen LogP contribution < -0.4 is 5.32 Å². The van der Waals surface area contributed by atoms with E-state index in [9.17, 15) is 24.3 Å². The van der Waals surface area contributed by atoms with E-state index in [1.807, 2.05) is 30.3 Å². The Balaban J connectivity index is 1.51. The lowest BCUT2D eigenvalue weighted by molar-refractivity contribution is -0.150. The fourth-order valence-electron chi connectivity index (χ4n) is 3.48. The van der Waals surface area contributed by atoms with Crippen molar-refractivity contribution in [2.75, 3.05) is 5.75 Å². The van der Waals surface area contributed by atoms with Crippen LogP contribution in [-0.2, 0) is 20.8 Å². The maximum absolute atomic E-state index is 12.8. The number of nitrogens with one attached hydrogen (secondary N) is 1. The zero-order valence-corrected chi connectivity index (χ0v) is 17.8. The zero-order valence-electron chi connectivity index (χ0n) is 16.2. The van der Waals surface area contributed by atoms with E-state index >= 15 is 0 Å². The molecule has 2 aromatic carbocycles. The first-order valence-corrected chi connectivity index (χ1v) is 11.3. The van der Waals surface area contributed by atoms with Crippen molar-refractivity contribution in [1.82, 2.24) is 10.2 Å². The number of carboxylic acid groups (broad SMARTS) is 1. The van der Waals surface area contributed by atoms with Crippen LogP contribution >= 0.6 is 23.5 Å². The molecule has 0 aromatic heterocycles. The fourth-order valence-corrected chi connectivity index (χ4v) is 6.04. The third-order valence-corrected chi connectivity index (χ3v) is 7.58. The van der Waals surface area contributed by atoms with Gasteiger partial charge in [0.2, 0.25) is 5.91 Å². The predicted molar refractivity (Wildman–Crippen MR) is 118 cm³/mol. The van der Waals surface area contributed by atoms with Gasteiger partial charge in [0.05, 0.1) is 6.42 Å². The molecule has 9 heteroatoms. The molecule has 2 heterocycles. The maximum Gasteiger partial charge on any atom is 0.353 e. The predicted octanol–water partition coefficient (Wildman–Crippen LogP) is 2.53. The van der Waals surface area contributed by atoms with Crippen molar-refractivity contribution in [2.24, 2.45) is 0 Å². The van der Waals surface area contributed by atoms with Crippen molar-refractivity contribution in [3.8, 4) is 0 Å². The molecule has 158 valence electrons. The van der Waals surface area contributed by atoms with Gasteiger partial charge < -0.3 is 10.4 Å². The molecule has 7 nitrogen and oxygen atoms in total. The number of hydrogen-bond acceptors (Lipinski definition) is 6. The van der Waals surface area contributed by atoms with Gasteiger partial charge in [0.1, 0.15) is 17.1 Å². The Morgan fingerprint density at radius 2 is 1.87 bits per heavy atom. The van der Waals surface area contributed by atoms with E-state index in [0.29, 0.717) is 21.1 Å². The van der Waals surface area contributed by atoms with Crippen molar-refractivity contribution in [2.45, 2.75) is 22.7 Å². The molecule has 4 rings (SSSR count). The zero-order chi connectivity index (χ0) is 22.0. The van der Waals surface area contributed by atoms with Gasteiger partial charge >= 0.3 is 5.97 Å². The number of rotatable bonds is 7. The van der Waals surface area contributed by atoms with Crippen LogP contribution in [-0.4, -0.2) is 51.2 Å². The molecule has 2 N–H and O–H groups in total. The van der Waals surface area contributed by atoms with Crippen LogP contribution in [0.1, 0.15) is 15.9 Å². The molecule has 1 fully saturated rings. The lowest BCUT2D eigenvalue weighted by Crippen LogP contribution is -2.70. The number of aldehydes is 1. The summed E-state index contributed by atoms with van der Waals surface area (Å²) in [6.07, 6.45) is 0.863. The summed E-state index contributed by atoms with van der Waals surface area (Å²) in [6.45, 7) is 0. The largest absolute Gasteiger partial charge is 0.477 e. The summed E-state index contributed by atoms with van der Waals surface area (Å²) in [6, 6.07) is 15.3. The molecule has 2 aliphatic rings. The summed E-state index contributed by atoms with van der Waals surface area (Å²) in [4.78, 5) is 50.7. The maximum atomic E-state index is 12.8. The smallest absolute Gasteiger partial charge is 0.353 e. The van der Waals surface area contributed by atoms with Gasteiger partial charge in [-0.05, 0) is 11.6 Å². The van der Waals surface area contributed by atoms with Gasteiger partial charge in [0.25, 0.3) is 5.91 Å². The molecule has 0 radical (unpaired) electrons. The molecule has 1 saturated heterocycles. The number of amides is 2. The van der Waals surface area contributed by atoms with E-state index in [2.05, 4.69) is 5.32 Å². The molecule has 2 aromatic rings. The van der Waals surface area contributed by atoms with E-state index in [-0.39, 0.29) is 18.0 Å². The number of benzene rings is 2. The van der Waals surface area contributed by atoms with E-state index in [4.69, 9.17) is 0 Å². The normalized spacial score (nSPS) is 20.0. The fraction of sp³-hybridized carbons (Fsp3) is 0.182. The van der Waals surface area contributed by atoms with Gasteiger partial charge in [0.15, 0.2) is 6.29 Å². The monoisotopic (exact) mass is 454 g/mol. The quantitative estimate of drug-likeness (QED) is 0.489. The second kappa shape index (κ2) is 8.99. The molecule has 2 amide bonds. The van der Waals surface area contributed by atoms with Crippen molar-refractivity contribution in [1.29, 1.82) is 0 Å². The lowest BCUT2D eigenvalue weighted by atomic mass is 10.0. The third-order valence-electron chi connectivity index (χ3n) is 4.94. The van der Waals surface area contributed by atoms with Crippen molar-refractivity contribution < 1.29 is 24.3 Å². The van der Waals surface area contributed by atoms with Crippen LogP contribution in [0.3, 0.4) is 0 Å². The molecule has 2 atom stereocenters. The number of carbonyl (C=O) groups excluding carboxylic acids is 3. The highest BCUT2D eigenvalue weighted by Crippen LogP contribution is 2.45. The average Bonchev–Trinajstić information content (AvgIpc) is 2.78. The van der Waals surface area contributed by atoms with Gasteiger partial charge in [0, 0.05) is 21.1 Å². The van der Waals surface area contributed by atoms with Gasteiger partial charge in [-0.1, -0.05) is 60.3 Å². The summed E-state index contributed by atoms with van der Waals surface area (Å²) in [7, 11) is 0. The van der Waals surface area contributed by atoms with Gasteiger partial charge in [-0.2, -0.15) is 0 Å². The summed E-state index contributed by atoms with van der Waals surface area (Å²) in [5, 5.41) is 12.1. The number of carbonyl (C=O) groups is 4. The molecular weight excluding hydrogens is 436 g/mol. The molecule has 2 aliphatic heterocycles. The van der Waals surface area contributed by atoms with E-state index < -0.39 is 23.3 Å². The Morgan fingerprint density at radius 1 is 1.16 bits per heavy atom. The van der Waals surface area contributed by atoms with Crippen LogP contribution in [0.5, 0.6) is 0 Å². The Kier molecular flexibility index (Phi) is 6.15. The number of hydrogen-bond donors (Lipinski definition) is 2. The van der Waals surface area contributed by atoms with Gasteiger partial charge in [-0.15, -0.1) is 11.8 Å². The number of β-lactam (4-membered cyclic amide) rings is 1. The number of aliphatic carboxylic acids is 1. The molecule has 0 bridgehead atoms. The molecule has 0 unspecified atom stereocenters. The summed E-state index contributed by atoms with van der Waals surface area (Å²) in [5.74, 6) is -1.58. The van der Waals surface area contributed by atoms with Crippen LogP contribution in [0.4, 0.5) is 0 Å². The molecular formula is C22H18N2O5S2. The minimum Gasteiger partial charge on any atom is -0.477 e. The van der Waals surface area contributed by atoms with Crippen molar-refractivity contribution >= 4 is 47.6 Å². The standard InChI is InChI=1S/C22H18N2O5S2/c25-11-14-8-4-5-9-15(14)31-16-12-30-21-18(20(27)24(21)19(16)22(28)29)23-17(26)10-13-6-2-1-3-7-13/h1-9,11,18,21H,10,12H2,(H,23,26)(H,28,29)/t18-,21+/m1/s1. The molecule has 0 aliphatic carbocycles. The van der Waals surface area contributed by atoms with Crippen molar-refractivity contribution in [3.05, 3.63) is 76.3 Å². The lowest BCUT2D eigenvalue weighted by Gasteiger charge is -2.49.